The van der Waals surface area contributed by atoms with Crippen LogP contribution in [0.15, 0.2) is 24.3 Å². The van der Waals surface area contributed by atoms with Crippen LogP contribution in [0.5, 0.6) is 0 Å². The van der Waals surface area contributed by atoms with Crippen molar-refractivity contribution >= 4 is 23.2 Å². The Morgan fingerprint density at radius 3 is 2.83 bits per heavy atom. The Morgan fingerprint density at radius 2 is 2.12 bits per heavy atom. The molecule has 1 N–H and O–H groups in total. The van der Waals surface area contributed by atoms with Gasteiger partial charge in [0.1, 0.15) is 6.54 Å². The molecule has 1 aromatic heterocycles. The van der Waals surface area contributed by atoms with Crippen LogP contribution in [-0.2, 0) is 27.4 Å². The molecule has 0 spiro atoms. The number of hydroxylamine groups is 2. The Balaban J connectivity index is 1.70. The molecule has 0 saturated carbocycles. The van der Waals surface area contributed by atoms with Crippen molar-refractivity contribution in [3.05, 3.63) is 35.5 Å². The third-order valence-electron chi connectivity index (χ3n) is 4.04. The van der Waals surface area contributed by atoms with Crippen LogP contribution in [0.3, 0.4) is 0 Å². The monoisotopic (exact) mass is 329 g/mol. The molecular formula is C18H23N3O3. The summed E-state index contributed by atoms with van der Waals surface area (Å²) in [6.07, 6.45) is 1.37. The fourth-order valence-electron chi connectivity index (χ4n) is 3.08. The SMILES string of the molecule is CC(C)(C)ON(C=O)CC(=O)N1CCc2c([nH]c3ccccc23)C1. The Bertz CT molecular complexity index is 760. The maximum absolute atomic E-state index is 12.5. The Kier molecular flexibility index (Phi) is 4.32. The van der Waals surface area contributed by atoms with Gasteiger partial charge in [0.2, 0.25) is 12.3 Å². The van der Waals surface area contributed by atoms with Gasteiger partial charge in [0, 0.05) is 23.1 Å². The number of benzene rings is 1. The molecule has 0 saturated heterocycles. The van der Waals surface area contributed by atoms with Crippen LogP contribution >= 0.6 is 0 Å². The molecule has 24 heavy (non-hydrogen) atoms. The molecule has 0 unspecified atom stereocenters. The van der Waals surface area contributed by atoms with Crippen LogP contribution in [0.4, 0.5) is 0 Å². The number of hydrogen-bond acceptors (Lipinski definition) is 3. The first-order chi connectivity index (χ1) is 11.4. The molecule has 6 nitrogen and oxygen atoms in total. The van der Waals surface area contributed by atoms with E-state index in [1.54, 1.807) is 4.90 Å². The van der Waals surface area contributed by atoms with Crippen molar-refractivity contribution in [1.82, 2.24) is 14.9 Å². The van der Waals surface area contributed by atoms with Crippen molar-refractivity contribution < 1.29 is 14.4 Å². The molecule has 0 fully saturated rings. The number of hydrogen-bond donors (Lipinski definition) is 1. The molecule has 1 aliphatic rings. The highest BCUT2D eigenvalue weighted by molar-refractivity contribution is 5.86. The molecular weight excluding hydrogens is 306 g/mol. The highest BCUT2D eigenvalue weighted by Crippen LogP contribution is 2.27. The minimum absolute atomic E-state index is 0.0731. The standard InChI is InChI=1S/C18H23N3O3/c1-18(2,3)24-21(12-22)11-17(23)20-9-8-14-13-6-4-5-7-15(13)19-16(14)10-20/h4-7,12,19H,8-11H2,1-3H3. The largest absolute Gasteiger partial charge is 0.357 e. The minimum Gasteiger partial charge on any atom is -0.357 e. The number of carbonyl (C=O) groups excluding carboxylic acids is 2. The fourth-order valence-corrected chi connectivity index (χ4v) is 3.08. The number of carbonyl (C=O) groups is 2. The van der Waals surface area contributed by atoms with Gasteiger partial charge in [-0.1, -0.05) is 18.2 Å². The minimum atomic E-state index is -0.520. The second-order valence-electron chi connectivity index (χ2n) is 7.08. The molecule has 6 heteroatoms. The third kappa shape index (κ3) is 3.43. The number of aromatic nitrogens is 1. The summed E-state index contributed by atoms with van der Waals surface area (Å²) in [6, 6.07) is 8.18. The van der Waals surface area contributed by atoms with Gasteiger partial charge in [0.05, 0.1) is 12.1 Å². The summed E-state index contributed by atoms with van der Waals surface area (Å²) < 4.78 is 0. The van der Waals surface area contributed by atoms with Crippen molar-refractivity contribution in [2.75, 3.05) is 13.1 Å². The van der Waals surface area contributed by atoms with E-state index in [9.17, 15) is 9.59 Å². The summed E-state index contributed by atoms with van der Waals surface area (Å²) in [6.45, 7) is 6.63. The van der Waals surface area contributed by atoms with Crippen LogP contribution in [0.1, 0.15) is 32.0 Å². The predicted molar refractivity (Wildman–Crippen MR) is 91.0 cm³/mol. The zero-order valence-electron chi connectivity index (χ0n) is 14.3. The predicted octanol–water partition coefficient (Wildman–Crippen LogP) is 2.24. The average molecular weight is 329 g/mol. The molecule has 128 valence electrons. The zero-order chi connectivity index (χ0) is 17.3. The first-order valence-electron chi connectivity index (χ1n) is 8.15. The van der Waals surface area contributed by atoms with Crippen molar-refractivity contribution in [3.63, 3.8) is 0 Å². The van der Waals surface area contributed by atoms with E-state index < -0.39 is 5.60 Å². The van der Waals surface area contributed by atoms with E-state index in [1.165, 1.54) is 10.9 Å². The number of amides is 2. The van der Waals surface area contributed by atoms with Gasteiger partial charge in [0.25, 0.3) is 0 Å². The van der Waals surface area contributed by atoms with Crippen LogP contribution in [-0.4, -0.2) is 46.0 Å². The molecule has 2 heterocycles. The molecule has 1 aliphatic heterocycles. The van der Waals surface area contributed by atoms with E-state index in [4.69, 9.17) is 4.84 Å². The lowest BCUT2D eigenvalue weighted by atomic mass is 10.0. The van der Waals surface area contributed by atoms with Crippen LogP contribution in [0.2, 0.25) is 0 Å². The lowest BCUT2D eigenvalue weighted by molar-refractivity contribution is -0.217. The fraction of sp³-hybridized carbons (Fsp3) is 0.444. The molecule has 0 bridgehead atoms. The quantitative estimate of drug-likeness (QED) is 0.691. The second kappa shape index (κ2) is 6.28. The normalized spacial score (nSPS) is 14.5. The Hall–Kier alpha value is -2.34. The first kappa shape index (κ1) is 16.5. The van der Waals surface area contributed by atoms with Gasteiger partial charge in [-0.2, -0.15) is 0 Å². The maximum Gasteiger partial charge on any atom is 0.245 e. The lowest BCUT2D eigenvalue weighted by Crippen LogP contribution is -2.44. The number of fused-ring (bicyclic) bond motifs is 3. The number of para-hydroxylation sites is 1. The number of nitrogens with one attached hydrogen (secondary N) is 1. The number of rotatable bonds is 4. The van der Waals surface area contributed by atoms with Crippen molar-refractivity contribution in [2.45, 2.75) is 39.3 Å². The highest BCUT2D eigenvalue weighted by atomic mass is 16.7. The van der Waals surface area contributed by atoms with Crippen LogP contribution in [0, 0.1) is 0 Å². The van der Waals surface area contributed by atoms with Gasteiger partial charge in [0.15, 0.2) is 0 Å². The molecule has 0 aliphatic carbocycles. The summed E-state index contributed by atoms with van der Waals surface area (Å²) in [5.41, 5.74) is 2.94. The Labute approximate surface area is 141 Å². The first-order valence-corrected chi connectivity index (χ1v) is 8.15. The van der Waals surface area contributed by atoms with E-state index in [-0.39, 0.29) is 12.5 Å². The lowest BCUT2D eigenvalue weighted by Gasteiger charge is -2.31. The second-order valence-corrected chi connectivity index (χ2v) is 7.08. The molecule has 2 aromatic rings. The van der Waals surface area contributed by atoms with Gasteiger partial charge >= 0.3 is 0 Å². The number of nitrogens with zero attached hydrogens (tertiary/aromatic N) is 2. The van der Waals surface area contributed by atoms with E-state index in [1.807, 2.05) is 39.0 Å². The topological polar surface area (TPSA) is 65.6 Å². The van der Waals surface area contributed by atoms with Crippen LogP contribution < -0.4 is 0 Å². The molecule has 0 atom stereocenters. The van der Waals surface area contributed by atoms with Gasteiger partial charge in [-0.15, -0.1) is 0 Å². The summed E-state index contributed by atoms with van der Waals surface area (Å²) in [7, 11) is 0. The molecule has 3 rings (SSSR count). The maximum atomic E-state index is 12.5. The zero-order valence-corrected chi connectivity index (χ0v) is 14.3. The van der Waals surface area contributed by atoms with Crippen molar-refractivity contribution in [2.24, 2.45) is 0 Å². The molecule has 0 radical (unpaired) electrons. The van der Waals surface area contributed by atoms with E-state index in [2.05, 4.69) is 11.1 Å². The van der Waals surface area contributed by atoms with Gasteiger partial charge in [-0.3, -0.25) is 14.4 Å². The van der Waals surface area contributed by atoms with Crippen molar-refractivity contribution in [1.29, 1.82) is 0 Å². The summed E-state index contributed by atoms with van der Waals surface area (Å²) in [4.78, 5) is 34.3. The Morgan fingerprint density at radius 1 is 1.38 bits per heavy atom. The van der Waals surface area contributed by atoms with Gasteiger partial charge in [-0.25, -0.2) is 5.06 Å². The van der Waals surface area contributed by atoms with E-state index in [0.717, 1.165) is 22.7 Å². The summed E-state index contributed by atoms with van der Waals surface area (Å²) >= 11 is 0. The van der Waals surface area contributed by atoms with Gasteiger partial charge < -0.3 is 9.88 Å². The van der Waals surface area contributed by atoms with E-state index >= 15 is 0 Å². The van der Waals surface area contributed by atoms with Gasteiger partial charge in [-0.05, 0) is 38.8 Å². The third-order valence-corrected chi connectivity index (χ3v) is 4.04. The van der Waals surface area contributed by atoms with E-state index in [0.29, 0.717) is 19.5 Å². The molecule has 1 aromatic carbocycles. The number of aromatic amines is 1. The smallest absolute Gasteiger partial charge is 0.245 e. The summed E-state index contributed by atoms with van der Waals surface area (Å²) in [5, 5.41) is 2.30. The highest BCUT2D eigenvalue weighted by Gasteiger charge is 2.26. The summed E-state index contributed by atoms with van der Waals surface area (Å²) in [5.74, 6) is -0.115. The molecule has 2 amide bonds. The number of H-pyrrole nitrogens is 1. The van der Waals surface area contributed by atoms with Crippen molar-refractivity contribution in [3.8, 4) is 0 Å². The van der Waals surface area contributed by atoms with Crippen LogP contribution in [0.25, 0.3) is 10.9 Å². The average Bonchev–Trinajstić information content (AvgIpc) is 2.90.